The molecule has 0 bridgehead atoms. The Morgan fingerprint density at radius 3 is 2.39 bits per heavy atom. The number of carbonyl (C=O) groups is 3. The molecule has 0 aliphatic rings. The fourth-order valence-electron chi connectivity index (χ4n) is 1.57. The van der Waals surface area contributed by atoms with Crippen LogP contribution in [0.3, 0.4) is 0 Å². The van der Waals surface area contributed by atoms with E-state index in [0.717, 1.165) is 0 Å². The minimum absolute atomic E-state index is 0.272. The number of nitrogens with one attached hydrogen (secondary N) is 2. The Balaban J connectivity index is 2.41. The van der Waals surface area contributed by atoms with Crippen molar-refractivity contribution < 1.29 is 19.1 Å². The molecule has 1 rings (SSSR count). The first-order valence-corrected chi connectivity index (χ1v) is 7.19. The van der Waals surface area contributed by atoms with E-state index in [-0.39, 0.29) is 12.3 Å². The number of hydrazone groups is 1. The van der Waals surface area contributed by atoms with Crippen LogP contribution in [0, 0.1) is 5.92 Å². The van der Waals surface area contributed by atoms with E-state index in [4.69, 9.17) is 0 Å². The molecule has 0 heterocycles. The summed E-state index contributed by atoms with van der Waals surface area (Å²) in [6, 6.07) is 6.51. The van der Waals surface area contributed by atoms with Crippen LogP contribution < -0.4 is 10.7 Å². The van der Waals surface area contributed by atoms with Gasteiger partial charge in [0.2, 0.25) is 11.8 Å². The topological polar surface area (TPSA) is 96.9 Å². The zero-order chi connectivity index (χ0) is 17.2. The van der Waals surface area contributed by atoms with Crippen molar-refractivity contribution in [2.24, 2.45) is 11.0 Å². The maximum atomic E-state index is 11.5. The highest BCUT2D eigenvalue weighted by atomic mass is 16.5. The van der Waals surface area contributed by atoms with E-state index in [1.54, 1.807) is 24.3 Å². The summed E-state index contributed by atoms with van der Waals surface area (Å²) in [7, 11) is 1.31. The average Bonchev–Trinajstić information content (AvgIpc) is 2.52. The molecule has 2 N–H and O–H groups in total. The summed E-state index contributed by atoms with van der Waals surface area (Å²) >= 11 is 0. The Morgan fingerprint density at radius 2 is 1.83 bits per heavy atom. The highest BCUT2D eigenvalue weighted by Crippen LogP contribution is 2.03. The zero-order valence-corrected chi connectivity index (χ0v) is 13.5. The molecule has 0 aromatic heterocycles. The maximum Gasteiger partial charge on any atom is 0.337 e. The fourth-order valence-corrected chi connectivity index (χ4v) is 1.57. The molecule has 1 aromatic carbocycles. The molecular formula is C16H21N3O4. The lowest BCUT2D eigenvalue weighted by molar-refractivity contribution is -0.129. The van der Waals surface area contributed by atoms with E-state index < -0.39 is 11.9 Å². The molecule has 0 saturated heterocycles. The van der Waals surface area contributed by atoms with E-state index in [1.807, 2.05) is 13.8 Å². The van der Waals surface area contributed by atoms with Crippen LogP contribution >= 0.6 is 0 Å². The predicted molar refractivity (Wildman–Crippen MR) is 86.0 cm³/mol. The number of esters is 1. The normalized spacial score (nSPS) is 10.6. The lowest BCUT2D eigenvalue weighted by atomic mass is 10.1. The van der Waals surface area contributed by atoms with Crippen LogP contribution in [0.5, 0.6) is 0 Å². The van der Waals surface area contributed by atoms with Crippen LogP contribution in [0.15, 0.2) is 29.4 Å². The summed E-state index contributed by atoms with van der Waals surface area (Å²) < 4.78 is 4.59. The molecule has 0 fully saturated rings. The number of hydrogen-bond donors (Lipinski definition) is 2. The number of amides is 2. The third kappa shape index (κ3) is 7.21. The van der Waals surface area contributed by atoms with Crippen molar-refractivity contribution in [2.45, 2.75) is 20.3 Å². The lowest BCUT2D eigenvalue weighted by Gasteiger charge is -2.06. The largest absolute Gasteiger partial charge is 0.465 e. The van der Waals surface area contributed by atoms with Crippen LogP contribution in [0.2, 0.25) is 0 Å². The van der Waals surface area contributed by atoms with E-state index in [9.17, 15) is 14.4 Å². The van der Waals surface area contributed by atoms with E-state index in [2.05, 4.69) is 20.6 Å². The molecule has 2 amide bonds. The Bertz CT molecular complexity index is 579. The maximum absolute atomic E-state index is 11.5. The van der Waals surface area contributed by atoms with Crippen molar-refractivity contribution in [3.63, 3.8) is 0 Å². The predicted octanol–water partition coefficient (Wildman–Crippen LogP) is 1.09. The number of carbonyl (C=O) groups excluding carboxylic acids is 3. The smallest absolute Gasteiger partial charge is 0.337 e. The second kappa shape index (κ2) is 9.34. The summed E-state index contributed by atoms with van der Waals surface area (Å²) in [5.74, 6) is -0.926. The zero-order valence-electron chi connectivity index (χ0n) is 13.5. The number of ether oxygens (including phenoxy) is 1. The monoisotopic (exact) mass is 319 g/mol. The number of methoxy groups -OCH3 is 1. The Morgan fingerprint density at radius 1 is 1.17 bits per heavy atom. The Hall–Kier alpha value is -2.70. The molecule has 0 atom stereocenters. The quantitative estimate of drug-likeness (QED) is 0.340. The van der Waals surface area contributed by atoms with Gasteiger partial charge < -0.3 is 10.1 Å². The van der Waals surface area contributed by atoms with E-state index in [0.29, 0.717) is 23.6 Å². The Labute approximate surface area is 135 Å². The van der Waals surface area contributed by atoms with E-state index in [1.165, 1.54) is 13.3 Å². The third-order valence-corrected chi connectivity index (χ3v) is 2.76. The summed E-state index contributed by atoms with van der Waals surface area (Å²) in [4.78, 5) is 34.3. The molecule has 0 aliphatic heterocycles. The first kappa shape index (κ1) is 18.3. The SMILES string of the molecule is COC(=O)c1ccc(/C=N/NC(=O)CC(=O)NCC(C)C)cc1. The van der Waals surface area contributed by atoms with Crippen LogP contribution in [0.25, 0.3) is 0 Å². The number of nitrogens with zero attached hydrogens (tertiary/aromatic N) is 1. The summed E-state index contributed by atoms with van der Waals surface area (Å²) in [6.07, 6.45) is 1.15. The molecular weight excluding hydrogens is 298 g/mol. The summed E-state index contributed by atoms with van der Waals surface area (Å²) in [5.41, 5.74) is 3.40. The van der Waals surface area contributed by atoms with Gasteiger partial charge in [-0.2, -0.15) is 5.10 Å². The van der Waals surface area contributed by atoms with Gasteiger partial charge in [-0.15, -0.1) is 0 Å². The van der Waals surface area contributed by atoms with Crippen molar-refractivity contribution in [2.75, 3.05) is 13.7 Å². The van der Waals surface area contributed by atoms with Gasteiger partial charge in [0.1, 0.15) is 6.42 Å². The standard InChI is InChI=1S/C16H21N3O4/c1-11(2)9-17-14(20)8-15(21)19-18-10-12-4-6-13(7-5-12)16(22)23-3/h4-7,10-11H,8-9H2,1-3H3,(H,17,20)(H,19,21)/b18-10+. The second-order valence-corrected chi connectivity index (χ2v) is 5.28. The molecule has 7 nitrogen and oxygen atoms in total. The third-order valence-electron chi connectivity index (χ3n) is 2.76. The second-order valence-electron chi connectivity index (χ2n) is 5.28. The van der Waals surface area contributed by atoms with Gasteiger partial charge in [-0.25, -0.2) is 10.2 Å². The average molecular weight is 319 g/mol. The fraction of sp³-hybridized carbons (Fsp3) is 0.375. The van der Waals surface area contributed by atoms with Crippen LogP contribution in [0.4, 0.5) is 0 Å². The van der Waals surface area contributed by atoms with Crippen molar-refractivity contribution >= 4 is 24.0 Å². The highest BCUT2D eigenvalue weighted by Gasteiger charge is 2.08. The first-order valence-electron chi connectivity index (χ1n) is 7.19. The molecule has 1 aromatic rings. The van der Waals surface area contributed by atoms with Crippen LogP contribution in [-0.4, -0.2) is 37.7 Å². The van der Waals surface area contributed by atoms with Gasteiger partial charge in [-0.1, -0.05) is 26.0 Å². The van der Waals surface area contributed by atoms with E-state index >= 15 is 0 Å². The van der Waals surface area contributed by atoms with Gasteiger partial charge in [0.05, 0.1) is 18.9 Å². The highest BCUT2D eigenvalue weighted by molar-refractivity contribution is 5.97. The molecule has 0 spiro atoms. The molecule has 0 radical (unpaired) electrons. The summed E-state index contributed by atoms with van der Waals surface area (Å²) in [5, 5.41) is 6.41. The van der Waals surface area contributed by atoms with Crippen molar-refractivity contribution in [1.82, 2.24) is 10.7 Å². The van der Waals surface area contributed by atoms with Crippen molar-refractivity contribution in [3.8, 4) is 0 Å². The van der Waals surface area contributed by atoms with Crippen LogP contribution in [-0.2, 0) is 14.3 Å². The van der Waals surface area contributed by atoms with Crippen molar-refractivity contribution in [1.29, 1.82) is 0 Å². The number of hydrogen-bond acceptors (Lipinski definition) is 5. The first-order chi connectivity index (χ1) is 10.9. The Kier molecular flexibility index (Phi) is 7.45. The molecule has 0 aliphatic carbocycles. The van der Waals surface area contributed by atoms with Gasteiger partial charge in [-0.05, 0) is 23.6 Å². The van der Waals surface area contributed by atoms with Crippen molar-refractivity contribution in [3.05, 3.63) is 35.4 Å². The summed E-state index contributed by atoms with van der Waals surface area (Å²) in [6.45, 7) is 4.47. The molecule has 23 heavy (non-hydrogen) atoms. The molecule has 0 saturated carbocycles. The minimum Gasteiger partial charge on any atom is -0.465 e. The van der Waals surface area contributed by atoms with Crippen LogP contribution in [0.1, 0.15) is 36.2 Å². The minimum atomic E-state index is -0.492. The van der Waals surface area contributed by atoms with Gasteiger partial charge in [0, 0.05) is 6.54 Å². The molecule has 7 heteroatoms. The molecule has 124 valence electrons. The van der Waals surface area contributed by atoms with Gasteiger partial charge >= 0.3 is 5.97 Å². The van der Waals surface area contributed by atoms with Gasteiger partial charge in [-0.3, -0.25) is 9.59 Å². The number of benzene rings is 1. The molecule has 0 unspecified atom stereocenters. The van der Waals surface area contributed by atoms with Gasteiger partial charge in [0.25, 0.3) is 0 Å². The lowest BCUT2D eigenvalue weighted by Crippen LogP contribution is -2.32. The van der Waals surface area contributed by atoms with Gasteiger partial charge in [0.15, 0.2) is 0 Å². The number of rotatable bonds is 7.